The van der Waals surface area contributed by atoms with Crippen molar-refractivity contribution in [3.8, 4) is 0 Å². The zero-order valence-corrected chi connectivity index (χ0v) is 14.7. The second-order valence-electron chi connectivity index (χ2n) is 7.62. The van der Waals surface area contributed by atoms with Crippen molar-refractivity contribution < 1.29 is 4.79 Å². The highest BCUT2D eigenvalue weighted by Gasteiger charge is 2.18. The summed E-state index contributed by atoms with van der Waals surface area (Å²) in [6.07, 6.45) is 10.8. The van der Waals surface area contributed by atoms with Crippen LogP contribution in [0.25, 0.3) is 10.9 Å². The number of hydrogen-bond acceptors (Lipinski definition) is 2. The van der Waals surface area contributed by atoms with Crippen LogP contribution in [-0.2, 0) is 17.6 Å². The van der Waals surface area contributed by atoms with E-state index in [1.807, 2.05) is 18.2 Å². The zero-order valence-electron chi connectivity index (χ0n) is 14.7. The van der Waals surface area contributed by atoms with Crippen molar-refractivity contribution in [2.75, 3.05) is 5.32 Å². The maximum absolute atomic E-state index is 12.3. The van der Waals surface area contributed by atoms with Crippen LogP contribution in [-0.4, -0.2) is 10.9 Å². The van der Waals surface area contributed by atoms with Crippen LogP contribution in [0.5, 0.6) is 0 Å². The third-order valence-electron chi connectivity index (χ3n) is 5.87. The Morgan fingerprint density at radius 3 is 2.64 bits per heavy atom. The number of amides is 1. The average Bonchev–Trinajstić information content (AvgIpc) is 3.14. The highest BCUT2D eigenvalue weighted by molar-refractivity contribution is 5.94. The monoisotopic (exact) mass is 338 g/mol. The molecule has 1 aromatic heterocycles. The number of benzene rings is 1. The molecule has 132 valence electrons. The number of carbonyl (C=O) groups is 1. The Morgan fingerprint density at radius 1 is 1.08 bits per heavy atom. The van der Waals surface area contributed by atoms with Crippen molar-refractivity contribution in [1.29, 1.82) is 0 Å². The van der Waals surface area contributed by atoms with E-state index in [4.69, 9.17) is 0 Å². The molecule has 2 aliphatic rings. The van der Waals surface area contributed by atoms with Crippen LogP contribution in [0.4, 0.5) is 5.69 Å². The molecule has 2 N–H and O–H groups in total. The van der Waals surface area contributed by atoms with E-state index in [1.165, 1.54) is 31.2 Å². The first-order chi connectivity index (χ1) is 12.2. The first-order valence-corrected chi connectivity index (χ1v) is 9.68. The summed E-state index contributed by atoms with van der Waals surface area (Å²) in [6, 6.07) is 5.91. The maximum atomic E-state index is 12.3. The van der Waals surface area contributed by atoms with Gasteiger partial charge in [0.25, 0.3) is 5.56 Å². The van der Waals surface area contributed by atoms with Crippen molar-refractivity contribution in [1.82, 2.24) is 4.98 Å². The predicted molar refractivity (Wildman–Crippen MR) is 101 cm³/mol. The Hall–Kier alpha value is -2.10. The smallest absolute Gasteiger partial charge is 0.251 e. The molecule has 25 heavy (non-hydrogen) atoms. The van der Waals surface area contributed by atoms with Gasteiger partial charge >= 0.3 is 0 Å². The summed E-state index contributed by atoms with van der Waals surface area (Å²) in [5, 5.41) is 4.12. The standard InChI is InChI=1S/C21H26N2O2/c24-20(12-9-14-5-1-2-6-14)22-15-10-11-17-16-7-3-4-8-18(16)21(25)23-19(17)13-15/h10-11,13-14H,1-9,12H2,(H,22,24)(H,23,25). The molecular weight excluding hydrogens is 312 g/mol. The van der Waals surface area contributed by atoms with Gasteiger partial charge in [0.05, 0.1) is 5.52 Å². The average molecular weight is 338 g/mol. The first-order valence-electron chi connectivity index (χ1n) is 9.68. The van der Waals surface area contributed by atoms with Gasteiger partial charge in [0, 0.05) is 23.1 Å². The van der Waals surface area contributed by atoms with Gasteiger partial charge in [-0.05, 0) is 55.7 Å². The van der Waals surface area contributed by atoms with Gasteiger partial charge in [0.15, 0.2) is 0 Å². The maximum Gasteiger partial charge on any atom is 0.251 e. The van der Waals surface area contributed by atoms with Crippen LogP contribution < -0.4 is 10.9 Å². The third kappa shape index (κ3) is 3.48. The second kappa shape index (κ2) is 7.03. The number of anilines is 1. The molecule has 0 unspecified atom stereocenters. The Balaban J connectivity index is 1.51. The molecule has 2 aromatic rings. The molecule has 1 amide bonds. The van der Waals surface area contributed by atoms with Crippen LogP contribution in [0.2, 0.25) is 0 Å². The summed E-state index contributed by atoms with van der Waals surface area (Å²) in [7, 11) is 0. The molecule has 2 aliphatic carbocycles. The van der Waals surface area contributed by atoms with Crippen LogP contribution in [0.15, 0.2) is 23.0 Å². The molecular formula is C21H26N2O2. The van der Waals surface area contributed by atoms with Gasteiger partial charge in [0.1, 0.15) is 0 Å². The van der Waals surface area contributed by atoms with E-state index in [-0.39, 0.29) is 11.5 Å². The fraction of sp³-hybridized carbons (Fsp3) is 0.524. The molecule has 1 aromatic carbocycles. The van der Waals surface area contributed by atoms with Crippen LogP contribution in [0.1, 0.15) is 62.5 Å². The lowest BCUT2D eigenvalue weighted by molar-refractivity contribution is -0.116. The van der Waals surface area contributed by atoms with E-state index >= 15 is 0 Å². The number of nitrogens with one attached hydrogen (secondary N) is 2. The SMILES string of the molecule is O=C(CCC1CCCC1)Nc1ccc2c3c(c(=O)[nH]c2c1)CCCC3. The van der Waals surface area contributed by atoms with E-state index in [9.17, 15) is 9.59 Å². The number of carbonyl (C=O) groups excluding carboxylic acids is 1. The molecule has 1 saturated carbocycles. The van der Waals surface area contributed by atoms with Gasteiger partial charge in [0.2, 0.25) is 5.91 Å². The minimum atomic E-state index is 0.0342. The zero-order chi connectivity index (χ0) is 17.2. The van der Waals surface area contributed by atoms with Crippen molar-refractivity contribution in [3.63, 3.8) is 0 Å². The molecule has 1 heterocycles. The second-order valence-corrected chi connectivity index (χ2v) is 7.62. The number of pyridine rings is 1. The highest BCUT2D eigenvalue weighted by atomic mass is 16.1. The number of aromatic amines is 1. The van der Waals surface area contributed by atoms with E-state index in [1.54, 1.807) is 0 Å². The molecule has 0 spiro atoms. The number of aryl methyl sites for hydroxylation is 1. The van der Waals surface area contributed by atoms with Crippen molar-refractivity contribution in [2.24, 2.45) is 5.92 Å². The molecule has 0 atom stereocenters. The molecule has 4 nitrogen and oxygen atoms in total. The first kappa shape index (κ1) is 16.4. The minimum absolute atomic E-state index is 0.0342. The highest BCUT2D eigenvalue weighted by Crippen LogP contribution is 2.29. The summed E-state index contributed by atoms with van der Waals surface area (Å²) >= 11 is 0. The van der Waals surface area contributed by atoms with Crippen LogP contribution >= 0.6 is 0 Å². The van der Waals surface area contributed by atoms with Crippen LogP contribution in [0, 0.1) is 5.92 Å². The lowest BCUT2D eigenvalue weighted by Crippen LogP contribution is -2.19. The fourth-order valence-electron chi connectivity index (χ4n) is 4.50. The number of rotatable bonds is 4. The van der Waals surface area contributed by atoms with Gasteiger partial charge in [-0.25, -0.2) is 0 Å². The largest absolute Gasteiger partial charge is 0.326 e. The van der Waals surface area contributed by atoms with Gasteiger partial charge in [-0.1, -0.05) is 31.7 Å². The summed E-state index contributed by atoms with van der Waals surface area (Å²) in [5.41, 5.74) is 3.79. The lowest BCUT2D eigenvalue weighted by Gasteiger charge is -2.17. The Labute approximate surface area is 148 Å². The van der Waals surface area contributed by atoms with E-state index in [0.29, 0.717) is 6.42 Å². The van der Waals surface area contributed by atoms with Gasteiger partial charge in [-0.2, -0.15) is 0 Å². The Kier molecular flexibility index (Phi) is 4.60. The topological polar surface area (TPSA) is 62.0 Å². The number of fused-ring (bicyclic) bond motifs is 3. The number of hydrogen-bond donors (Lipinski definition) is 2. The van der Waals surface area contributed by atoms with Gasteiger partial charge < -0.3 is 10.3 Å². The van der Waals surface area contributed by atoms with Crippen molar-refractivity contribution >= 4 is 22.5 Å². The molecule has 0 bridgehead atoms. The summed E-state index contributed by atoms with van der Waals surface area (Å²) < 4.78 is 0. The molecule has 0 radical (unpaired) electrons. The summed E-state index contributed by atoms with van der Waals surface area (Å²) in [6.45, 7) is 0. The van der Waals surface area contributed by atoms with Gasteiger partial charge in [-0.15, -0.1) is 0 Å². The van der Waals surface area contributed by atoms with E-state index in [0.717, 1.165) is 60.2 Å². The van der Waals surface area contributed by atoms with Crippen LogP contribution in [0.3, 0.4) is 0 Å². The van der Waals surface area contributed by atoms with E-state index < -0.39 is 0 Å². The lowest BCUT2D eigenvalue weighted by atomic mass is 9.90. The molecule has 4 heteroatoms. The Bertz CT molecular complexity index is 847. The van der Waals surface area contributed by atoms with Gasteiger partial charge in [-0.3, -0.25) is 9.59 Å². The normalized spacial score (nSPS) is 17.6. The number of H-pyrrole nitrogens is 1. The summed E-state index contributed by atoms with van der Waals surface area (Å²) in [4.78, 5) is 27.5. The third-order valence-corrected chi connectivity index (χ3v) is 5.87. The molecule has 1 fully saturated rings. The quantitative estimate of drug-likeness (QED) is 0.872. The summed E-state index contributed by atoms with van der Waals surface area (Å²) in [5.74, 6) is 0.803. The minimum Gasteiger partial charge on any atom is -0.326 e. The predicted octanol–water partition coefficient (Wildman–Crippen LogP) is 4.32. The fourth-order valence-corrected chi connectivity index (χ4v) is 4.50. The Morgan fingerprint density at radius 2 is 1.84 bits per heavy atom. The molecule has 0 saturated heterocycles. The molecule has 0 aliphatic heterocycles. The molecule has 4 rings (SSSR count). The van der Waals surface area contributed by atoms with Crippen molar-refractivity contribution in [2.45, 2.75) is 64.2 Å². The number of aromatic nitrogens is 1. The van der Waals surface area contributed by atoms with Crippen molar-refractivity contribution in [3.05, 3.63) is 39.7 Å². The van der Waals surface area contributed by atoms with E-state index in [2.05, 4.69) is 10.3 Å².